The Labute approximate surface area is 172 Å². The summed E-state index contributed by atoms with van der Waals surface area (Å²) < 4.78 is 0. The molecule has 0 fully saturated rings. The maximum Gasteiger partial charge on any atom is 0.258 e. The normalized spacial score (nSPS) is 10.6. The van der Waals surface area contributed by atoms with E-state index in [0.717, 1.165) is 23.3 Å². The number of carbonyl (C=O) groups is 2. The second-order valence-electron chi connectivity index (χ2n) is 6.41. The number of rotatable bonds is 7. The number of amides is 2. The molecule has 1 heterocycles. The lowest BCUT2D eigenvalue weighted by Gasteiger charge is -2.14. The predicted molar refractivity (Wildman–Crippen MR) is 120 cm³/mol. The SMILES string of the molecule is C=C(/C=C(\NC(C)=O)c1ccccc1CCC)c1ccc(C(N)=O)s1.CCC. The molecule has 0 aliphatic carbocycles. The van der Waals surface area contributed by atoms with Crippen molar-refractivity contribution in [3.05, 3.63) is 69.9 Å². The summed E-state index contributed by atoms with van der Waals surface area (Å²) in [6, 6.07) is 11.5. The molecule has 2 aromatic rings. The van der Waals surface area contributed by atoms with Gasteiger partial charge in [-0.2, -0.15) is 0 Å². The lowest BCUT2D eigenvalue weighted by Crippen LogP contribution is -2.19. The lowest BCUT2D eigenvalue weighted by atomic mass is 9.99. The number of benzene rings is 1. The zero-order valence-corrected chi connectivity index (χ0v) is 18.0. The summed E-state index contributed by atoms with van der Waals surface area (Å²) in [6.07, 6.45) is 5.02. The van der Waals surface area contributed by atoms with Crippen LogP contribution in [0.3, 0.4) is 0 Å². The summed E-state index contributed by atoms with van der Waals surface area (Å²) in [7, 11) is 0. The largest absolute Gasteiger partial charge is 0.365 e. The van der Waals surface area contributed by atoms with Crippen molar-refractivity contribution in [3.8, 4) is 0 Å². The highest BCUT2D eigenvalue weighted by Crippen LogP contribution is 2.27. The molecular weight excluding hydrogens is 368 g/mol. The van der Waals surface area contributed by atoms with Gasteiger partial charge in [0.15, 0.2) is 0 Å². The topological polar surface area (TPSA) is 72.2 Å². The number of hydrogen-bond donors (Lipinski definition) is 2. The molecule has 0 saturated carbocycles. The van der Waals surface area contributed by atoms with Gasteiger partial charge < -0.3 is 11.1 Å². The van der Waals surface area contributed by atoms with Crippen molar-refractivity contribution in [2.75, 3.05) is 0 Å². The van der Waals surface area contributed by atoms with Crippen LogP contribution in [0.25, 0.3) is 11.3 Å². The van der Waals surface area contributed by atoms with Crippen LogP contribution in [0.2, 0.25) is 0 Å². The van der Waals surface area contributed by atoms with Crippen molar-refractivity contribution >= 4 is 34.4 Å². The molecule has 0 atom stereocenters. The van der Waals surface area contributed by atoms with E-state index < -0.39 is 5.91 Å². The minimum Gasteiger partial charge on any atom is -0.365 e. The fourth-order valence-corrected chi connectivity index (χ4v) is 3.33. The smallest absolute Gasteiger partial charge is 0.258 e. The number of nitrogens with one attached hydrogen (secondary N) is 1. The third-order valence-electron chi connectivity index (χ3n) is 3.62. The zero-order chi connectivity index (χ0) is 21.1. The molecule has 0 aliphatic heterocycles. The molecule has 2 rings (SSSR count). The average Bonchev–Trinajstić information content (AvgIpc) is 3.13. The van der Waals surface area contributed by atoms with Crippen LogP contribution in [0.1, 0.15) is 66.2 Å². The van der Waals surface area contributed by atoms with E-state index in [1.807, 2.05) is 30.3 Å². The highest BCUT2D eigenvalue weighted by molar-refractivity contribution is 7.15. The standard InChI is InChI=1S/C20H22N2O2S.C3H8/c1-4-7-15-8-5-6-9-16(15)17(22-14(3)23)12-13(2)18-10-11-19(25-18)20(21)24;1-3-2/h5-6,8-12H,2,4,7H2,1,3H3,(H2,21,24)(H,22,23);3H2,1-2H3/b17-12-;. The Morgan fingerprint density at radius 3 is 2.25 bits per heavy atom. The first kappa shape index (κ1) is 23.4. The van der Waals surface area contributed by atoms with E-state index in [1.54, 1.807) is 6.07 Å². The van der Waals surface area contributed by atoms with Gasteiger partial charge in [-0.3, -0.25) is 9.59 Å². The Kier molecular flexibility index (Phi) is 9.96. The molecule has 0 spiro atoms. The summed E-state index contributed by atoms with van der Waals surface area (Å²) >= 11 is 1.29. The summed E-state index contributed by atoms with van der Waals surface area (Å²) in [4.78, 5) is 24.3. The number of aryl methyl sites for hydroxylation is 1. The fourth-order valence-electron chi connectivity index (χ4n) is 2.53. The van der Waals surface area contributed by atoms with Crippen LogP contribution in [0.5, 0.6) is 0 Å². The van der Waals surface area contributed by atoms with Crippen LogP contribution in [0.15, 0.2) is 49.1 Å². The molecule has 0 radical (unpaired) electrons. The Morgan fingerprint density at radius 2 is 1.71 bits per heavy atom. The number of allylic oxidation sites excluding steroid dienone is 2. The van der Waals surface area contributed by atoms with Crippen LogP contribution in [-0.2, 0) is 11.2 Å². The van der Waals surface area contributed by atoms with Gasteiger partial charge in [-0.15, -0.1) is 11.3 Å². The predicted octanol–water partition coefficient (Wildman–Crippen LogP) is 5.41. The molecule has 0 aliphatic rings. The molecule has 0 saturated heterocycles. The maximum atomic E-state index is 11.7. The number of nitrogens with two attached hydrogens (primary N) is 1. The van der Waals surface area contributed by atoms with E-state index in [0.29, 0.717) is 16.1 Å². The maximum absolute atomic E-state index is 11.7. The fraction of sp³-hybridized carbons (Fsp3) is 0.304. The van der Waals surface area contributed by atoms with Crippen molar-refractivity contribution in [1.82, 2.24) is 5.32 Å². The molecule has 150 valence electrons. The number of carbonyl (C=O) groups excluding carboxylic acids is 2. The van der Waals surface area contributed by atoms with Crippen LogP contribution < -0.4 is 11.1 Å². The molecule has 2 amide bonds. The molecule has 5 heteroatoms. The minimum atomic E-state index is -0.455. The lowest BCUT2D eigenvalue weighted by molar-refractivity contribution is -0.117. The zero-order valence-electron chi connectivity index (χ0n) is 17.2. The molecule has 0 unspecified atom stereocenters. The van der Waals surface area contributed by atoms with Crippen molar-refractivity contribution < 1.29 is 9.59 Å². The monoisotopic (exact) mass is 398 g/mol. The van der Waals surface area contributed by atoms with E-state index in [4.69, 9.17) is 5.73 Å². The average molecular weight is 399 g/mol. The Hall–Kier alpha value is -2.66. The third kappa shape index (κ3) is 7.16. The second-order valence-corrected chi connectivity index (χ2v) is 7.49. The quantitative estimate of drug-likeness (QED) is 0.612. The van der Waals surface area contributed by atoms with Gasteiger partial charge in [-0.05, 0) is 35.8 Å². The van der Waals surface area contributed by atoms with Crippen LogP contribution in [-0.4, -0.2) is 11.8 Å². The number of primary amides is 1. The number of thiophene rings is 1. The molecule has 28 heavy (non-hydrogen) atoms. The van der Waals surface area contributed by atoms with E-state index in [2.05, 4.69) is 38.7 Å². The minimum absolute atomic E-state index is 0.144. The van der Waals surface area contributed by atoms with Gasteiger partial charge in [0.2, 0.25) is 5.91 Å². The summed E-state index contributed by atoms with van der Waals surface area (Å²) in [5.74, 6) is -0.599. The van der Waals surface area contributed by atoms with Crippen molar-refractivity contribution in [2.24, 2.45) is 5.73 Å². The first-order valence-electron chi connectivity index (χ1n) is 9.50. The third-order valence-corrected chi connectivity index (χ3v) is 4.80. The summed E-state index contributed by atoms with van der Waals surface area (Å²) in [5.41, 5.74) is 8.87. The highest BCUT2D eigenvalue weighted by atomic mass is 32.1. The molecule has 4 nitrogen and oxygen atoms in total. The van der Waals surface area contributed by atoms with Gasteiger partial charge in [0, 0.05) is 23.1 Å². The van der Waals surface area contributed by atoms with E-state index in [-0.39, 0.29) is 5.91 Å². The van der Waals surface area contributed by atoms with Crippen molar-refractivity contribution in [2.45, 2.75) is 47.0 Å². The molecule has 0 bridgehead atoms. The summed E-state index contributed by atoms with van der Waals surface area (Å²) in [5, 5.41) is 2.90. The molecule has 1 aromatic heterocycles. The van der Waals surface area contributed by atoms with Gasteiger partial charge in [0.25, 0.3) is 5.91 Å². The van der Waals surface area contributed by atoms with Crippen LogP contribution in [0, 0.1) is 0 Å². The van der Waals surface area contributed by atoms with E-state index >= 15 is 0 Å². The Morgan fingerprint density at radius 1 is 1.11 bits per heavy atom. The van der Waals surface area contributed by atoms with Crippen molar-refractivity contribution in [1.29, 1.82) is 0 Å². The summed E-state index contributed by atoms with van der Waals surface area (Å²) in [6.45, 7) is 11.9. The molecule has 1 aromatic carbocycles. The first-order valence-corrected chi connectivity index (χ1v) is 10.3. The number of hydrogen-bond acceptors (Lipinski definition) is 3. The second kappa shape index (κ2) is 11.9. The first-order chi connectivity index (χ1) is 13.3. The Balaban J connectivity index is 0.00000122. The van der Waals surface area contributed by atoms with Crippen molar-refractivity contribution in [3.63, 3.8) is 0 Å². The molecular formula is C23H30N2O2S. The van der Waals surface area contributed by atoms with Gasteiger partial charge in [0.05, 0.1) is 4.88 Å². The van der Waals surface area contributed by atoms with Gasteiger partial charge >= 0.3 is 0 Å². The van der Waals surface area contributed by atoms with E-state index in [1.165, 1.54) is 30.2 Å². The molecule has 3 N–H and O–H groups in total. The van der Waals surface area contributed by atoms with Gasteiger partial charge in [0.1, 0.15) is 0 Å². The Bertz CT molecular complexity index is 850. The van der Waals surface area contributed by atoms with Gasteiger partial charge in [-0.25, -0.2) is 0 Å². The van der Waals surface area contributed by atoms with Crippen LogP contribution in [0.4, 0.5) is 0 Å². The van der Waals surface area contributed by atoms with Gasteiger partial charge in [-0.1, -0.05) is 64.5 Å². The highest BCUT2D eigenvalue weighted by Gasteiger charge is 2.11. The van der Waals surface area contributed by atoms with Crippen LogP contribution >= 0.6 is 11.3 Å². The van der Waals surface area contributed by atoms with E-state index in [9.17, 15) is 9.59 Å².